The first-order valence-electron chi connectivity index (χ1n) is 6.59. The van der Waals surface area contributed by atoms with Crippen LogP contribution >= 0.6 is 0 Å². The first-order valence-corrected chi connectivity index (χ1v) is 6.59. The van der Waals surface area contributed by atoms with E-state index in [4.69, 9.17) is 0 Å². The molecule has 0 heterocycles. The molecule has 21 heavy (non-hydrogen) atoms. The first kappa shape index (κ1) is 13.7. The molecule has 1 radical (unpaired) electrons. The van der Waals surface area contributed by atoms with Gasteiger partial charge in [-0.1, -0.05) is 54.6 Å². The van der Waals surface area contributed by atoms with Gasteiger partial charge in [0.05, 0.1) is 5.56 Å². The number of rotatable bonds is 2. The zero-order chi connectivity index (χ0) is 14.9. The molecule has 0 saturated carbocycles. The van der Waals surface area contributed by atoms with Gasteiger partial charge in [-0.3, -0.25) is 0 Å². The molecule has 0 spiro atoms. The van der Waals surface area contributed by atoms with Crippen molar-refractivity contribution in [1.82, 2.24) is 0 Å². The minimum Gasteiger partial charge on any atom is -0.166 e. The Bertz CT molecular complexity index is 773. The summed E-state index contributed by atoms with van der Waals surface area (Å²) in [5.41, 5.74) is 0.452. The van der Waals surface area contributed by atoms with Gasteiger partial charge in [-0.25, -0.2) is 0 Å². The van der Waals surface area contributed by atoms with Crippen LogP contribution in [-0.2, 0) is 12.6 Å². The van der Waals surface area contributed by atoms with Gasteiger partial charge in [0.2, 0.25) is 0 Å². The first-order chi connectivity index (χ1) is 10.0. The van der Waals surface area contributed by atoms with E-state index in [0.29, 0.717) is 0 Å². The standard InChI is InChI=1S/C18H12F3/c19-18(20,21)17-8-4-3-7-16(17)12-13-9-10-14-5-1-2-6-15(14)11-13/h1-10H,12H2. The molecule has 105 valence electrons. The van der Waals surface area contributed by atoms with E-state index in [1.165, 1.54) is 12.1 Å². The summed E-state index contributed by atoms with van der Waals surface area (Å²) in [5.74, 6) is 0. The van der Waals surface area contributed by atoms with Gasteiger partial charge in [-0.2, -0.15) is 13.2 Å². The zero-order valence-electron chi connectivity index (χ0n) is 11.1. The van der Waals surface area contributed by atoms with Gasteiger partial charge in [-0.05, 0) is 40.5 Å². The molecule has 0 atom stereocenters. The number of fused-ring (bicyclic) bond motifs is 1. The van der Waals surface area contributed by atoms with Gasteiger partial charge in [0, 0.05) is 0 Å². The van der Waals surface area contributed by atoms with Crippen LogP contribution in [0.25, 0.3) is 10.8 Å². The molecule has 0 nitrogen and oxygen atoms in total. The summed E-state index contributed by atoms with van der Waals surface area (Å²) >= 11 is 0. The summed E-state index contributed by atoms with van der Waals surface area (Å²) in [7, 11) is 0. The summed E-state index contributed by atoms with van der Waals surface area (Å²) in [5, 5.41) is 1.95. The van der Waals surface area contributed by atoms with E-state index in [2.05, 4.69) is 6.07 Å². The average molecular weight is 285 g/mol. The largest absolute Gasteiger partial charge is 0.416 e. The van der Waals surface area contributed by atoms with Gasteiger partial charge in [0.1, 0.15) is 0 Å². The Kier molecular flexibility index (Phi) is 3.42. The molecule has 3 aromatic rings. The van der Waals surface area contributed by atoms with E-state index in [9.17, 15) is 13.2 Å². The predicted octanol–water partition coefficient (Wildman–Crippen LogP) is 5.25. The molecule has 0 aliphatic heterocycles. The van der Waals surface area contributed by atoms with Crippen LogP contribution < -0.4 is 0 Å². The van der Waals surface area contributed by atoms with Crippen molar-refractivity contribution in [1.29, 1.82) is 0 Å². The Morgan fingerprint density at radius 3 is 2.33 bits per heavy atom. The highest BCUT2D eigenvalue weighted by Gasteiger charge is 2.32. The predicted molar refractivity (Wildman–Crippen MR) is 77.0 cm³/mol. The quantitative estimate of drug-likeness (QED) is 0.603. The highest BCUT2D eigenvalue weighted by molar-refractivity contribution is 5.82. The van der Waals surface area contributed by atoms with E-state index >= 15 is 0 Å². The number of halogens is 3. The maximum Gasteiger partial charge on any atom is 0.416 e. The minimum absolute atomic E-state index is 0.223. The average Bonchev–Trinajstić information content (AvgIpc) is 2.46. The van der Waals surface area contributed by atoms with Crippen LogP contribution in [0.3, 0.4) is 0 Å². The molecular weight excluding hydrogens is 273 g/mol. The maximum atomic E-state index is 13.0. The maximum absolute atomic E-state index is 13.0. The molecule has 0 aliphatic rings. The topological polar surface area (TPSA) is 0 Å². The summed E-state index contributed by atoms with van der Waals surface area (Å²) in [6.07, 6.45) is -4.10. The Hall–Kier alpha value is -2.29. The zero-order valence-corrected chi connectivity index (χ0v) is 11.1. The third-order valence-electron chi connectivity index (χ3n) is 3.42. The SMILES string of the molecule is FC(F)(F)c1ccccc1Cc1[c]c2ccccc2cc1. The van der Waals surface area contributed by atoms with Crippen molar-refractivity contribution in [3.05, 3.63) is 83.4 Å². The Morgan fingerprint density at radius 2 is 1.52 bits per heavy atom. The fourth-order valence-electron chi connectivity index (χ4n) is 2.42. The fraction of sp³-hybridized carbons (Fsp3) is 0.111. The Labute approximate surface area is 120 Å². The van der Waals surface area contributed by atoms with Crippen LogP contribution in [0.4, 0.5) is 13.2 Å². The monoisotopic (exact) mass is 285 g/mol. The third kappa shape index (κ3) is 2.92. The van der Waals surface area contributed by atoms with E-state index < -0.39 is 11.7 Å². The number of benzene rings is 3. The van der Waals surface area contributed by atoms with Gasteiger partial charge in [0.25, 0.3) is 0 Å². The second kappa shape index (κ2) is 5.24. The van der Waals surface area contributed by atoms with Gasteiger partial charge in [-0.15, -0.1) is 0 Å². The smallest absolute Gasteiger partial charge is 0.166 e. The van der Waals surface area contributed by atoms with Gasteiger partial charge in [0.15, 0.2) is 0 Å². The molecule has 0 saturated heterocycles. The Balaban J connectivity index is 1.99. The lowest BCUT2D eigenvalue weighted by molar-refractivity contribution is -0.138. The van der Waals surface area contributed by atoms with Crippen LogP contribution in [-0.4, -0.2) is 0 Å². The van der Waals surface area contributed by atoms with Crippen LogP contribution in [0.2, 0.25) is 0 Å². The van der Waals surface area contributed by atoms with Crippen molar-refractivity contribution >= 4 is 10.8 Å². The lowest BCUT2D eigenvalue weighted by Crippen LogP contribution is -2.09. The summed E-state index contributed by atoms with van der Waals surface area (Å²) in [6.45, 7) is 0. The van der Waals surface area contributed by atoms with E-state index in [-0.39, 0.29) is 12.0 Å². The highest BCUT2D eigenvalue weighted by Crippen LogP contribution is 2.33. The van der Waals surface area contributed by atoms with E-state index in [1.54, 1.807) is 6.07 Å². The molecule has 3 heteroatoms. The number of hydrogen-bond donors (Lipinski definition) is 0. The highest BCUT2D eigenvalue weighted by atomic mass is 19.4. The second-order valence-electron chi connectivity index (χ2n) is 4.90. The molecule has 0 fully saturated rings. The molecule has 0 aliphatic carbocycles. The van der Waals surface area contributed by atoms with Crippen molar-refractivity contribution in [2.24, 2.45) is 0 Å². The van der Waals surface area contributed by atoms with Crippen molar-refractivity contribution in [3.8, 4) is 0 Å². The molecule has 0 aromatic heterocycles. The van der Waals surface area contributed by atoms with Gasteiger partial charge < -0.3 is 0 Å². The van der Waals surface area contributed by atoms with Crippen LogP contribution in [0.5, 0.6) is 0 Å². The lowest BCUT2D eigenvalue weighted by Gasteiger charge is -2.12. The van der Waals surface area contributed by atoms with Crippen molar-refractivity contribution in [3.63, 3.8) is 0 Å². The number of alkyl halides is 3. The summed E-state index contributed by atoms with van der Waals surface area (Å²) < 4.78 is 39.0. The third-order valence-corrected chi connectivity index (χ3v) is 3.42. The van der Waals surface area contributed by atoms with E-state index in [1.807, 2.05) is 36.4 Å². The summed E-state index contributed by atoms with van der Waals surface area (Å²) in [4.78, 5) is 0. The van der Waals surface area contributed by atoms with Gasteiger partial charge >= 0.3 is 6.18 Å². The molecule has 0 unspecified atom stereocenters. The van der Waals surface area contributed by atoms with Crippen molar-refractivity contribution in [2.75, 3.05) is 0 Å². The molecule has 0 N–H and O–H groups in total. The minimum atomic E-state index is -4.33. The molecule has 0 bridgehead atoms. The Morgan fingerprint density at radius 1 is 0.810 bits per heavy atom. The van der Waals surface area contributed by atoms with Crippen LogP contribution in [0.1, 0.15) is 16.7 Å². The normalized spacial score (nSPS) is 11.8. The van der Waals surface area contributed by atoms with E-state index in [0.717, 1.165) is 22.4 Å². The van der Waals surface area contributed by atoms with Crippen molar-refractivity contribution < 1.29 is 13.2 Å². The van der Waals surface area contributed by atoms with Crippen LogP contribution in [0.15, 0.2) is 60.7 Å². The fourth-order valence-corrected chi connectivity index (χ4v) is 2.42. The number of hydrogen-bond acceptors (Lipinski definition) is 0. The lowest BCUT2D eigenvalue weighted by atomic mass is 9.97. The van der Waals surface area contributed by atoms with Crippen LogP contribution in [0, 0.1) is 6.07 Å². The molecule has 3 rings (SSSR count). The van der Waals surface area contributed by atoms with Crippen molar-refractivity contribution in [2.45, 2.75) is 12.6 Å². The molecule has 0 amide bonds. The summed E-state index contributed by atoms with van der Waals surface area (Å²) in [6, 6.07) is 20.3. The molecule has 3 aromatic carbocycles. The second-order valence-corrected chi connectivity index (χ2v) is 4.90. The molecular formula is C18H12F3.